The van der Waals surface area contributed by atoms with Gasteiger partial charge in [-0.2, -0.15) is 0 Å². The number of halogens is 1. The first kappa shape index (κ1) is 18.0. The van der Waals surface area contributed by atoms with Crippen LogP contribution in [0.5, 0.6) is 0 Å². The van der Waals surface area contributed by atoms with Crippen molar-refractivity contribution in [3.63, 3.8) is 0 Å². The Balaban J connectivity index is 2.25. The number of hydrogen-bond donors (Lipinski definition) is 1. The molecule has 124 valence electrons. The maximum atomic E-state index is 12.6. The number of ketones is 1. The molecule has 0 saturated carbocycles. The van der Waals surface area contributed by atoms with E-state index < -0.39 is 11.9 Å². The van der Waals surface area contributed by atoms with Gasteiger partial charge in [0.1, 0.15) is 0 Å². The van der Waals surface area contributed by atoms with Gasteiger partial charge in [0.25, 0.3) is 0 Å². The number of hydrogen-bond acceptors (Lipinski definition) is 2. The van der Waals surface area contributed by atoms with Gasteiger partial charge in [-0.05, 0) is 54.8 Å². The molecule has 2 rings (SSSR count). The van der Waals surface area contributed by atoms with Crippen molar-refractivity contribution < 1.29 is 14.7 Å². The molecule has 0 bridgehead atoms. The van der Waals surface area contributed by atoms with E-state index in [1.165, 1.54) is 0 Å². The Bertz CT molecular complexity index is 758. The third kappa shape index (κ3) is 4.33. The first-order valence-corrected chi connectivity index (χ1v) is 8.13. The Morgan fingerprint density at radius 3 is 2.17 bits per heavy atom. The highest BCUT2D eigenvalue weighted by molar-refractivity contribution is 6.30. The summed E-state index contributed by atoms with van der Waals surface area (Å²) in [5, 5.41) is 9.63. The maximum absolute atomic E-state index is 12.6. The summed E-state index contributed by atoms with van der Waals surface area (Å²) in [6, 6.07) is 14.1. The molecule has 2 aromatic carbocycles. The molecule has 0 fully saturated rings. The second-order valence-corrected chi connectivity index (χ2v) is 6.02. The number of benzene rings is 2. The maximum Gasteiger partial charge on any atom is 0.310 e. The summed E-state index contributed by atoms with van der Waals surface area (Å²) in [6.45, 7) is 3.58. The van der Waals surface area contributed by atoms with Gasteiger partial charge in [0.15, 0.2) is 5.78 Å². The Morgan fingerprint density at radius 2 is 1.67 bits per heavy atom. The molecule has 1 atom stereocenters. The molecule has 24 heavy (non-hydrogen) atoms. The van der Waals surface area contributed by atoms with Gasteiger partial charge in [-0.3, -0.25) is 9.59 Å². The van der Waals surface area contributed by atoms with Gasteiger partial charge in [-0.1, -0.05) is 42.8 Å². The molecular weight excluding hydrogens is 324 g/mol. The molecule has 0 radical (unpaired) electrons. The van der Waals surface area contributed by atoms with E-state index in [1.54, 1.807) is 43.3 Å². The minimum Gasteiger partial charge on any atom is -0.481 e. The van der Waals surface area contributed by atoms with Crippen LogP contribution in [0.1, 0.15) is 47.7 Å². The largest absolute Gasteiger partial charge is 0.481 e. The Morgan fingerprint density at radius 1 is 1.08 bits per heavy atom. The van der Waals surface area contributed by atoms with Gasteiger partial charge in [0, 0.05) is 16.2 Å². The van der Waals surface area contributed by atoms with Gasteiger partial charge in [0.2, 0.25) is 0 Å². The standard InChI is InChI=1S/C20H19ClO3/c1-3-15(19(22)17-8-10-18(21)11-9-17)12-14-4-6-16(7-5-14)13(2)20(23)24/h4-13H,3H2,1-2H3,(H,23,24). The van der Waals surface area contributed by atoms with Crippen LogP contribution < -0.4 is 0 Å². The van der Waals surface area contributed by atoms with Crippen LogP contribution in [0.4, 0.5) is 0 Å². The predicted molar refractivity (Wildman–Crippen MR) is 96.5 cm³/mol. The topological polar surface area (TPSA) is 54.4 Å². The van der Waals surface area contributed by atoms with Crippen LogP contribution in [0, 0.1) is 0 Å². The predicted octanol–water partition coefficient (Wildman–Crippen LogP) is 5.20. The lowest BCUT2D eigenvalue weighted by molar-refractivity contribution is -0.138. The first-order valence-electron chi connectivity index (χ1n) is 7.76. The Labute approximate surface area is 146 Å². The van der Waals surface area contributed by atoms with Crippen LogP contribution in [0.15, 0.2) is 54.1 Å². The fraction of sp³-hybridized carbons (Fsp3) is 0.200. The molecule has 0 aromatic heterocycles. The first-order chi connectivity index (χ1) is 11.4. The summed E-state index contributed by atoms with van der Waals surface area (Å²) in [4.78, 5) is 23.6. The SMILES string of the molecule is CCC(=Cc1ccc(C(C)C(=O)O)cc1)C(=O)c1ccc(Cl)cc1. The van der Waals surface area contributed by atoms with Gasteiger partial charge in [-0.15, -0.1) is 0 Å². The van der Waals surface area contributed by atoms with E-state index >= 15 is 0 Å². The molecule has 4 heteroatoms. The number of carboxylic acids is 1. The van der Waals surface area contributed by atoms with Crippen molar-refractivity contribution in [2.75, 3.05) is 0 Å². The van der Waals surface area contributed by atoms with E-state index in [2.05, 4.69) is 0 Å². The molecular formula is C20H19ClO3. The number of carbonyl (C=O) groups excluding carboxylic acids is 1. The number of Topliss-reactive ketones (excluding diaryl/α,β-unsaturated/α-hetero) is 1. The molecule has 1 N–H and O–H groups in total. The molecule has 2 aromatic rings. The van der Waals surface area contributed by atoms with Crippen molar-refractivity contribution in [3.8, 4) is 0 Å². The smallest absolute Gasteiger partial charge is 0.310 e. The average Bonchev–Trinajstić information content (AvgIpc) is 2.59. The lowest BCUT2D eigenvalue weighted by atomic mass is 9.97. The van der Waals surface area contributed by atoms with E-state index in [0.29, 0.717) is 22.6 Å². The van der Waals surface area contributed by atoms with E-state index in [9.17, 15) is 9.59 Å². The average molecular weight is 343 g/mol. The quantitative estimate of drug-likeness (QED) is 0.579. The van der Waals surface area contributed by atoms with Crippen molar-refractivity contribution in [3.05, 3.63) is 75.8 Å². The Kier molecular flexibility index (Phi) is 5.93. The van der Waals surface area contributed by atoms with Crippen LogP contribution in [0.3, 0.4) is 0 Å². The van der Waals surface area contributed by atoms with Crippen LogP contribution in [-0.4, -0.2) is 16.9 Å². The van der Waals surface area contributed by atoms with Crippen LogP contribution in [0.25, 0.3) is 6.08 Å². The van der Waals surface area contributed by atoms with Crippen molar-refractivity contribution in [2.45, 2.75) is 26.2 Å². The number of rotatable bonds is 6. The van der Waals surface area contributed by atoms with Gasteiger partial charge < -0.3 is 5.11 Å². The summed E-state index contributed by atoms with van der Waals surface area (Å²) in [5.74, 6) is -1.44. The monoisotopic (exact) mass is 342 g/mol. The summed E-state index contributed by atoms with van der Waals surface area (Å²) >= 11 is 5.85. The van der Waals surface area contributed by atoms with E-state index in [1.807, 2.05) is 25.1 Å². The third-order valence-corrected chi connectivity index (χ3v) is 4.18. The van der Waals surface area contributed by atoms with E-state index in [0.717, 1.165) is 11.1 Å². The number of carbonyl (C=O) groups is 2. The number of allylic oxidation sites excluding steroid dienone is 1. The molecule has 0 heterocycles. The second-order valence-electron chi connectivity index (χ2n) is 5.59. The van der Waals surface area contributed by atoms with Crippen molar-refractivity contribution in [1.82, 2.24) is 0 Å². The number of carboxylic acid groups (broad SMARTS) is 1. The zero-order chi connectivity index (χ0) is 17.7. The van der Waals surface area contributed by atoms with Gasteiger partial charge >= 0.3 is 5.97 Å². The summed E-state index contributed by atoms with van der Waals surface area (Å²) in [5.41, 5.74) is 2.90. The molecule has 0 saturated heterocycles. The summed E-state index contributed by atoms with van der Waals surface area (Å²) in [6.07, 6.45) is 2.45. The second kappa shape index (κ2) is 7.93. The fourth-order valence-corrected chi connectivity index (χ4v) is 2.47. The van der Waals surface area contributed by atoms with Crippen LogP contribution in [0.2, 0.25) is 5.02 Å². The minimum atomic E-state index is -0.856. The third-order valence-electron chi connectivity index (χ3n) is 3.93. The van der Waals surface area contributed by atoms with Gasteiger partial charge in [0.05, 0.1) is 5.92 Å². The van der Waals surface area contributed by atoms with Crippen molar-refractivity contribution >= 4 is 29.4 Å². The molecule has 0 aliphatic rings. The molecule has 0 amide bonds. The summed E-state index contributed by atoms with van der Waals surface area (Å²) < 4.78 is 0. The minimum absolute atomic E-state index is 0.0304. The molecule has 0 aliphatic carbocycles. The van der Waals surface area contributed by atoms with Crippen LogP contribution in [-0.2, 0) is 4.79 Å². The zero-order valence-electron chi connectivity index (χ0n) is 13.6. The van der Waals surface area contributed by atoms with Crippen LogP contribution >= 0.6 is 11.6 Å². The zero-order valence-corrected chi connectivity index (χ0v) is 14.4. The van der Waals surface area contributed by atoms with E-state index in [-0.39, 0.29) is 5.78 Å². The van der Waals surface area contributed by atoms with Crippen molar-refractivity contribution in [2.24, 2.45) is 0 Å². The lowest BCUT2D eigenvalue weighted by Gasteiger charge is -2.08. The molecule has 0 spiro atoms. The molecule has 3 nitrogen and oxygen atoms in total. The van der Waals surface area contributed by atoms with Crippen molar-refractivity contribution in [1.29, 1.82) is 0 Å². The molecule has 1 unspecified atom stereocenters. The molecule has 0 aliphatic heterocycles. The highest BCUT2D eigenvalue weighted by Crippen LogP contribution is 2.20. The highest BCUT2D eigenvalue weighted by atomic mass is 35.5. The Hall–Kier alpha value is -2.39. The normalized spacial score (nSPS) is 12.7. The lowest BCUT2D eigenvalue weighted by Crippen LogP contribution is -2.07. The highest BCUT2D eigenvalue weighted by Gasteiger charge is 2.14. The fourth-order valence-electron chi connectivity index (χ4n) is 2.34. The summed E-state index contributed by atoms with van der Waals surface area (Å²) in [7, 11) is 0. The number of aliphatic carboxylic acids is 1. The van der Waals surface area contributed by atoms with Gasteiger partial charge in [-0.25, -0.2) is 0 Å². The van der Waals surface area contributed by atoms with E-state index in [4.69, 9.17) is 16.7 Å².